The van der Waals surface area contributed by atoms with Crippen LogP contribution in [0.15, 0.2) is 45.3 Å². The molecular weight excluding hydrogens is 392 g/mol. The Bertz CT molecular complexity index is 617. The predicted octanol–water partition coefficient (Wildman–Crippen LogP) is 4.99. The summed E-state index contributed by atoms with van der Waals surface area (Å²) < 4.78 is 27.9. The number of nitrogens with one attached hydrogen (secondary N) is 1. The van der Waals surface area contributed by atoms with Gasteiger partial charge in [-0.1, -0.05) is 34.1 Å². The molecule has 0 amide bonds. The van der Waals surface area contributed by atoms with E-state index in [9.17, 15) is 8.78 Å². The van der Waals surface area contributed by atoms with Gasteiger partial charge in [0.05, 0.1) is 4.47 Å². The summed E-state index contributed by atoms with van der Waals surface area (Å²) >= 11 is 6.64. The monoisotopic (exact) mass is 403 g/mol. The first-order chi connectivity index (χ1) is 9.52. The van der Waals surface area contributed by atoms with Crippen molar-refractivity contribution in [1.29, 1.82) is 0 Å². The second kappa shape index (κ2) is 6.78. The molecule has 0 heterocycles. The van der Waals surface area contributed by atoms with Crippen molar-refractivity contribution in [3.63, 3.8) is 0 Å². The Labute approximate surface area is 133 Å². The third kappa shape index (κ3) is 3.45. The standard InChI is InChI=1S/C15H13Br2F2N/c1-20-14(11-6-5-10(18)8-12(11)16)7-9-3-2-4-13(19)15(9)17/h2-6,8,14,20H,7H2,1H3. The fourth-order valence-corrected chi connectivity index (χ4v) is 3.13. The zero-order valence-electron chi connectivity index (χ0n) is 10.8. The third-order valence-corrected chi connectivity index (χ3v) is 4.72. The van der Waals surface area contributed by atoms with Crippen molar-refractivity contribution in [2.45, 2.75) is 12.5 Å². The van der Waals surface area contributed by atoms with Gasteiger partial charge in [-0.2, -0.15) is 0 Å². The number of halogens is 4. The van der Waals surface area contributed by atoms with Gasteiger partial charge in [0.25, 0.3) is 0 Å². The maximum absolute atomic E-state index is 13.5. The van der Waals surface area contributed by atoms with Crippen LogP contribution in [0.25, 0.3) is 0 Å². The molecule has 0 fully saturated rings. The molecule has 0 spiro atoms. The van der Waals surface area contributed by atoms with Gasteiger partial charge in [-0.15, -0.1) is 0 Å². The second-order valence-electron chi connectivity index (χ2n) is 4.42. The van der Waals surface area contributed by atoms with Crippen LogP contribution >= 0.6 is 31.9 Å². The predicted molar refractivity (Wildman–Crippen MR) is 83.7 cm³/mol. The fraction of sp³-hybridized carbons (Fsp3) is 0.200. The molecule has 5 heteroatoms. The van der Waals surface area contributed by atoms with Crippen LogP contribution in [0, 0.1) is 11.6 Å². The Hall–Kier alpha value is -0.780. The van der Waals surface area contributed by atoms with Gasteiger partial charge >= 0.3 is 0 Å². The van der Waals surface area contributed by atoms with Gasteiger partial charge in [0, 0.05) is 10.5 Å². The second-order valence-corrected chi connectivity index (χ2v) is 6.07. The summed E-state index contributed by atoms with van der Waals surface area (Å²) in [6.07, 6.45) is 0.596. The average Bonchev–Trinajstić information content (AvgIpc) is 2.41. The molecule has 0 aliphatic carbocycles. The molecule has 1 atom stereocenters. The lowest BCUT2D eigenvalue weighted by molar-refractivity contribution is 0.574. The summed E-state index contributed by atoms with van der Waals surface area (Å²) in [4.78, 5) is 0. The van der Waals surface area contributed by atoms with Crippen LogP contribution in [-0.2, 0) is 6.42 Å². The van der Waals surface area contributed by atoms with Gasteiger partial charge in [0.1, 0.15) is 11.6 Å². The molecule has 1 nitrogen and oxygen atoms in total. The molecule has 1 unspecified atom stereocenters. The van der Waals surface area contributed by atoms with Gasteiger partial charge in [-0.3, -0.25) is 0 Å². The Morgan fingerprint density at radius 3 is 2.55 bits per heavy atom. The van der Waals surface area contributed by atoms with E-state index >= 15 is 0 Å². The van der Waals surface area contributed by atoms with E-state index in [1.807, 2.05) is 13.1 Å². The van der Waals surface area contributed by atoms with E-state index in [0.717, 1.165) is 11.1 Å². The molecule has 2 aromatic rings. The van der Waals surface area contributed by atoms with Crippen molar-refractivity contribution in [1.82, 2.24) is 5.32 Å². The van der Waals surface area contributed by atoms with Crippen molar-refractivity contribution in [2.24, 2.45) is 0 Å². The quantitative estimate of drug-likeness (QED) is 0.756. The van der Waals surface area contributed by atoms with Crippen molar-refractivity contribution in [2.75, 3.05) is 7.05 Å². The normalized spacial score (nSPS) is 12.4. The molecule has 2 aromatic carbocycles. The number of hydrogen-bond acceptors (Lipinski definition) is 1. The van der Waals surface area contributed by atoms with Gasteiger partial charge in [-0.05, 0) is 58.7 Å². The largest absolute Gasteiger partial charge is 0.313 e. The summed E-state index contributed by atoms with van der Waals surface area (Å²) in [6.45, 7) is 0. The highest BCUT2D eigenvalue weighted by Crippen LogP contribution is 2.29. The van der Waals surface area contributed by atoms with E-state index in [0.29, 0.717) is 15.4 Å². The Balaban J connectivity index is 2.31. The van der Waals surface area contributed by atoms with Crippen LogP contribution in [0.2, 0.25) is 0 Å². The van der Waals surface area contributed by atoms with Gasteiger partial charge in [0.15, 0.2) is 0 Å². The van der Waals surface area contributed by atoms with Crippen LogP contribution < -0.4 is 5.32 Å². The molecule has 0 bridgehead atoms. The van der Waals surface area contributed by atoms with Crippen LogP contribution in [0.1, 0.15) is 17.2 Å². The smallest absolute Gasteiger partial charge is 0.137 e. The van der Waals surface area contributed by atoms with E-state index in [1.54, 1.807) is 12.1 Å². The first-order valence-corrected chi connectivity index (χ1v) is 7.66. The van der Waals surface area contributed by atoms with E-state index in [2.05, 4.69) is 37.2 Å². The van der Waals surface area contributed by atoms with Gasteiger partial charge in [-0.25, -0.2) is 8.78 Å². The lowest BCUT2D eigenvalue weighted by Gasteiger charge is -2.19. The van der Waals surface area contributed by atoms with Crippen LogP contribution in [0.5, 0.6) is 0 Å². The van der Waals surface area contributed by atoms with Crippen molar-refractivity contribution >= 4 is 31.9 Å². The molecule has 20 heavy (non-hydrogen) atoms. The first-order valence-electron chi connectivity index (χ1n) is 6.08. The number of benzene rings is 2. The number of rotatable bonds is 4. The van der Waals surface area contributed by atoms with E-state index < -0.39 is 0 Å². The Morgan fingerprint density at radius 1 is 1.15 bits per heavy atom. The molecule has 0 aliphatic heterocycles. The minimum absolute atomic E-state index is 0.0388. The summed E-state index contributed by atoms with van der Waals surface area (Å²) in [5.41, 5.74) is 1.80. The van der Waals surface area contributed by atoms with E-state index in [4.69, 9.17) is 0 Å². The zero-order chi connectivity index (χ0) is 14.7. The minimum Gasteiger partial charge on any atom is -0.313 e. The molecule has 0 aliphatic rings. The topological polar surface area (TPSA) is 12.0 Å². The van der Waals surface area contributed by atoms with Gasteiger partial charge < -0.3 is 5.32 Å². The molecular formula is C15H13Br2F2N. The summed E-state index contributed by atoms with van der Waals surface area (Å²) in [5, 5.41) is 3.18. The van der Waals surface area contributed by atoms with Crippen LogP contribution in [0.3, 0.4) is 0 Å². The highest BCUT2D eigenvalue weighted by Gasteiger charge is 2.16. The highest BCUT2D eigenvalue weighted by atomic mass is 79.9. The minimum atomic E-state index is -0.289. The zero-order valence-corrected chi connectivity index (χ0v) is 13.9. The van der Waals surface area contributed by atoms with Crippen molar-refractivity contribution in [3.05, 3.63) is 68.1 Å². The molecule has 0 aromatic heterocycles. The molecule has 0 saturated heterocycles. The molecule has 0 radical (unpaired) electrons. The number of likely N-dealkylation sites (N-methyl/N-ethyl adjacent to an activating group) is 1. The molecule has 1 N–H and O–H groups in total. The van der Waals surface area contributed by atoms with Crippen molar-refractivity contribution < 1.29 is 8.78 Å². The highest BCUT2D eigenvalue weighted by molar-refractivity contribution is 9.10. The maximum atomic E-state index is 13.5. The summed E-state index contributed by atoms with van der Waals surface area (Å²) in [6, 6.07) is 9.51. The lowest BCUT2D eigenvalue weighted by Crippen LogP contribution is -2.19. The number of hydrogen-bond donors (Lipinski definition) is 1. The Kier molecular flexibility index (Phi) is 5.29. The third-order valence-electron chi connectivity index (χ3n) is 3.14. The summed E-state index contributed by atoms with van der Waals surface area (Å²) in [7, 11) is 1.83. The average molecular weight is 405 g/mol. The maximum Gasteiger partial charge on any atom is 0.137 e. The van der Waals surface area contributed by atoms with E-state index in [-0.39, 0.29) is 17.7 Å². The molecule has 106 valence electrons. The van der Waals surface area contributed by atoms with Gasteiger partial charge in [0.2, 0.25) is 0 Å². The van der Waals surface area contributed by atoms with Crippen molar-refractivity contribution in [3.8, 4) is 0 Å². The molecule has 0 saturated carbocycles. The fourth-order valence-electron chi connectivity index (χ4n) is 2.08. The summed E-state index contributed by atoms with van der Waals surface area (Å²) in [5.74, 6) is -0.571. The first kappa shape index (κ1) is 15.6. The SMILES string of the molecule is CNC(Cc1cccc(F)c1Br)c1ccc(F)cc1Br. The lowest BCUT2D eigenvalue weighted by atomic mass is 9.99. The van der Waals surface area contributed by atoms with Crippen LogP contribution in [0.4, 0.5) is 8.78 Å². The molecule has 2 rings (SSSR count). The van der Waals surface area contributed by atoms with Crippen LogP contribution in [-0.4, -0.2) is 7.05 Å². The van der Waals surface area contributed by atoms with E-state index in [1.165, 1.54) is 18.2 Å². The Morgan fingerprint density at radius 2 is 1.90 bits per heavy atom.